The van der Waals surface area contributed by atoms with Gasteiger partial charge in [-0.05, 0) is 18.8 Å². The summed E-state index contributed by atoms with van der Waals surface area (Å²) in [6.07, 6.45) is 2.37. The molecule has 0 atom stereocenters. The molecule has 0 spiro atoms. The fourth-order valence-electron chi connectivity index (χ4n) is 2.94. The SMILES string of the molecule is CC(C)(C)c1cc2[nH]c3c(c(=O)n2n1)CN(CC1CC1)C3=O. The number of aromatic nitrogens is 3. The Morgan fingerprint density at radius 1 is 1.32 bits per heavy atom. The van der Waals surface area contributed by atoms with Gasteiger partial charge in [0.1, 0.15) is 11.3 Å². The molecule has 22 heavy (non-hydrogen) atoms. The summed E-state index contributed by atoms with van der Waals surface area (Å²) < 4.78 is 1.40. The average molecular weight is 300 g/mol. The second-order valence-corrected chi connectivity index (χ2v) is 7.49. The van der Waals surface area contributed by atoms with Crippen molar-refractivity contribution in [2.45, 2.75) is 45.6 Å². The Hall–Kier alpha value is -2.11. The second-order valence-electron chi connectivity index (χ2n) is 7.49. The number of hydrogen-bond acceptors (Lipinski definition) is 3. The van der Waals surface area contributed by atoms with Crippen LogP contribution in [0, 0.1) is 5.92 Å². The summed E-state index contributed by atoms with van der Waals surface area (Å²) in [5.41, 5.74) is 2.10. The molecule has 2 aromatic heterocycles. The minimum atomic E-state index is -0.175. The summed E-state index contributed by atoms with van der Waals surface area (Å²) in [5.74, 6) is 0.560. The molecule has 0 saturated heterocycles. The van der Waals surface area contributed by atoms with E-state index in [1.165, 1.54) is 17.4 Å². The van der Waals surface area contributed by atoms with Crippen molar-refractivity contribution >= 4 is 11.6 Å². The van der Waals surface area contributed by atoms with Crippen molar-refractivity contribution in [1.29, 1.82) is 0 Å². The Labute approximate surface area is 128 Å². The minimum Gasteiger partial charge on any atom is -0.335 e. The molecular weight excluding hydrogens is 280 g/mol. The van der Waals surface area contributed by atoms with E-state index in [0.717, 1.165) is 12.2 Å². The molecule has 0 bridgehead atoms. The molecule has 0 aromatic carbocycles. The number of aromatic amines is 1. The highest BCUT2D eigenvalue weighted by atomic mass is 16.2. The van der Waals surface area contributed by atoms with Crippen molar-refractivity contribution in [2.75, 3.05) is 6.54 Å². The number of H-pyrrole nitrogens is 1. The smallest absolute Gasteiger partial charge is 0.280 e. The molecule has 4 rings (SSSR count). The molecule has 1 N–H and O–H groups in total. The molecule has 1 fully saturated rings. The number of hydrogen-bond donors (Lipinski definition) is 1. The fourth-order valence-corrected chi connectivity index (χ4v) is 2.94. The number of nitrogens with zero attached hydrogens (tertiary/aromatic N) is 3. The normalized spacial score (nSPS) is 18.3. The Kier molecular flexibility index (Phi) is 2.59. The van der Waals surface area contributed by atoms with Gasteiger partial charge in [0.25, 0.3) is 11.5 Å². The highest BCUT2D eigenvalue weighted by molar-refractivity contribution is 5.96. The molecule has 116 valence electrons. The topological polar surface area (TPSA) is 70.5 Å². The van der Waals surface area contributed by atoms with E-state index in [2.05, 4.69) is 30.9 Å². The molecular formula is C16H20N4O2. The van der Waals surface area contributed by atoms with Crippen LogP contribution in [-0.2, 0) is 12.0 Å². The molecule has 0 unspecified atom stereocenters. The van der Waals surface area contributed by atoms with Crippen LogP contribution < -0.4 is 5.56 Å². The van der Waals surface area contributed by atoms with Crippen LogP contribution in [0.3, 0.4) is 0 Å². The van der Waals surface area contributed by atoms with Gasteiger partial charge in [-0.3, -0.25) is 9.59 Å². The van der Waals surface area contributed by atoms with Gasteiger partial charge in [0.2, 0.25) is 0 Å². The Morgan fingerprint density at radius 2 is 2.05 bits per heavy atom. The molecule has 1 aliphatic heterocycles. The third-order valence-electron chi connectivity index (χ3n) is 4.51. The van der Waals surface area contributed by atoms with Crippen LogP contribution in [0.1, 0.15) is 55.4 Å². The Balaban J connectivity index is 1.81. The lowest BCUT2D eigenvalue weighted by atomic mass is 9.93. The van der Waals surface area contributed by atoms with Gasteiger partial charge in [0.15, 0.2) is 0 Å². The van der Waals surface area contributed by atoms with E-state index in [-0.39, 0.29) is 16.9 Å². The van der Waals surface area contributed by atoms with Gasteiger partial charge < -0.3 is 9.88 Å². The van der Waals surface area contributed by atoms with E-state index in [4.69, 9.17) is 0 Å². The first-order valence-electron chi connectivity index (χ1n) is 7.79. The molecule has 1 saturated carbocycles. The third kappa shape index (κ3) is 1.97. The summed E-state index contributed by atoms with van der Waals surface area (Å²) in [5, 5.41) is 4.43. The maximum absolute atomic E-state index is 12.7. The molecule has 1 aliphatic carbocycles. The lowest BCUT2D eigenvalue weighted by Gasteiger charge is -2.14. The van der Waals surface area contributed by atoms with Crippen molar-refractivity contribution in [2.24, 2.45) is 5.92 Å². The Morgan fingerprint density at radius 3 is 2.68 bits per heavy atom. The number of carbonyl (C=O) groups excluding carboxylic acids is 1. The van der Waals surface area contributed by atoms with Crippen molar-refractivity contribution in [1.82, 2.24) is 19.5 Å². The van der Waals surface area contributed by atoms with Gasteiger partial charge in [-0.15, -0.1) is 0 Å². The molecule has 2 aromatic rings. The van der Waals surface area contributed by atoms with Gasteiger partial charge >= 0.3 is 0 Å². The molecule has 3 heterocycles. The summed E-state index contributed by atoms with van der Waals surface area (Å²) in [6.45, 7) is 7.32. The summed E-state index contributed by atoms with van der Waals surface area (Å²) in [4.78, 5) is 30.0. The average Bonchev–Trinajstić information content (AvgIpc) is 3.04. The molecule has 2 aliphatic rings. The molecule has 6 heteroatoms. The minimum absolute atomic E-state index is 0.0555. The van der Waals surface area contributed by atoms with Crippen LogP contribution >= 0.6 is 0 Å². The summed E-state index contributed by atoms with van der Waals surface area (Å²) in [7, 11) is 0. The molecule has 6 nitrogen and oxygen atoms in total. The fraction of sp³-hybridized carbons (Fsp3) is 0.562. The second kappa shape index (κ2) is 4.21. The van der Waals surface area contributed by atoms with Crippen LogP contribution in [-0.4, -0.2) is 31.9 Å². The van der Waals surface area contributed by atoms with Crippen molar-refractivity contribution in [3.05, 3.63) is 33.4 Å². The van der Waals surface area contributed by atoms with Gasteiger partial charge in [-0.1, -0.05) is 20.8 Å². The highest BCUT2D eigenvalue weighted by Gasteiger charge is 2.35. The van der Waals surface area contributed by atoms with Gasteiger partial charge in [-0.25, -0.2) is 0 Å². The predicted octanol–water partition coefficient (Wildman–Crippen LogP) is 1.69. The number of fused-ring (bicyclic) bond motifs is 2. The summed E-state index contributed by atoms with van der Waals surface area (Å²) in [6, 6.07) is 1.86. The number of rotatable bonds is 2. The van der Waals surface area contributed by atoms with Crippen LogP contribution in [0.4, 0.5) is 0 Å². The van der Waals surface area contributed by atoms with Crippen LogP contribution in [0.15, 0.2) is 10.9 Å². The van der Waals surface area contributed by atoms with E-state index in [1.807, 2.05) is 6.07 Å². The Bertz CT molecular complexity index is 836. The zero-order valence-electron chi connectivity index (χ0n) is 13.1. The standard InChI is InChI=1S/C16H20N4O2/c1-16(2,3)11-6-12-17-13-10(14(21)20(12)18-11)8-19(15(13)22)7-9-4-5-9/h6,9,17H,4-5,7-8H2,1-3H3. The zero-order chi connectivity index (χ0) is 15.6. The first kappa shape index (κ1) is 13.5. The highest BCUT2D eigenvalue weighted by Crippen LogP contribution is 2.32. The van der Waals surface area contributed by atoms with E-state index < -0.39 is 0 Å². The maximum atomic E-state index is 12.7. The monoisotopic (exact) mass is 300 g/mol. The quantitative estimate of drug-likeness (QED) is 0.917. The lowest BCUT2D eigenvalue weighted by molar-refractivity contribution is 0.0767. The van der Waals surface area contributed by atoms with Gasteiger partial charge in [-0.2, -0.15) is 9.61 Å². The zero-order valence-corrected chi connectivity index (χ0v) is 13.1. The van der Waals surface area contributed by atoms with Crippen molar-refractivity contribution < 1.29 is 4.79 Å². The van der Waals surface area contributed by atoms with Crippen LogP contribution in [0.5, 0.6) is 0 Å². The number of carbonyl (C=O) groups is 1. The summed E-state index contributed by atoms with van der Waals surface area (Å²) >= 11 is 0. The number of amides is 1. The van der Waals surface area contributed by atoms with Crippen LogP contribution in [0.2, 0.25) is 0 Å². The number of nitrogens with one attached hydrogen (secondary N) is 1. The van der Waals surface area contributed by atoms with E-state index >= 15 is 0 Å². The molecule has 1 amide bonds. The van der Waals surface area contributed by atoms with Crippen LogP contribution in [0.25, 0.3) is 5.65 Å². The first-order chi connectivity index (χ1) is 10.3. The third-order valence-corrected chi connectivity index (χ3v) is 4.51. The van der Waals surface area contributed by atoms with Crippen molar-refractivity contribution in [3.63, 3.8) is 0 Å². The van der Waals surface area contributed by atoms with E-state index in [1.54, 1.807) is 4.90 Å². The molecule has 0 radical (unpaired) electrons. The largest absolute Gasteiger partial charge is 0.335 e. The predicted molar refractivity (Wildman–Crippen MR) is 82.0 cm³/mol. The first-order valence-corrected chi connectivity index (χ1v) is 7.79. The maximum Gasteiger partial charge on any atom is 0.280 e. The van der Waals surface area contributed by atoms with E-state index in [9.17, 15) is 9.59 Å². The van der Waals surface area contributed by atoms with E-state index in [0.29, 0.717) is 29.4 Å². The van der Waals surface area contributed by atoms with Crippen molar-refractivity contribution in [3.8, 4) is 0 Å². The lowest BCUT2D eigenvalue weighted by Crippen LogP contribution is -2.26. The van der Waals surface area contributed by atoms with Gasteiger partial charge in [0, 0.05) is 18.0 Å². The van der Waals surface area contributed by atoms with Gasteiger partial charge in [0.05, 0.1) is 17.8 Å².